The molecule has 0 radical (unpaired) electrons. The average Bonchev–Trinajstić information content (AvgIpc) is 2.29. The van der Waals surface area contributed by atoms with Gasteiger partial charge in [0, 0.05) is 0 Å². The minimum atomic E-state index is 0.0611. The molecule has 0 amide bonds. The molecule has 1 aromatic rings. The zero-order valence-electron chi connectivity index (χ0n) is 9.11. The molecule has 3 nitrogen and oxygen atoms in total. The summed E-state index contributed by atoms with van der Waals surface area (Å²) in [5.41, 5.74) is 1.21. The van der Waals surface area contributed by atoms with Crippen LogP contribution in [0.25, 0.3) is 0 Å². The van der Waals surface area contributed by atoms with E-state index in [0.717, 1.165) is 12.2 Å². The molecule has 0 atom stereocenters. The molecule has 0 saturated heterocycles. The normalized spacial score (nSPS) is 10.3. The van der Waals surface area contributed by atoms with Crippen molar-refractivity contribution >= 4 is 0 Å². The first-order chi connectivity index (χ1) is 7.38. The smallest absolute Gasteiger partial charge is 0.122 e. The fraction of sp³-hybridized carbons (Fsp3) is 0.500. The van der Waals surface area contributed by atoms with Crippen molar-refractivity contribution in [2.45, 2.75) is 13.3 Å². The summed E-state index contributed by atoms with van der Waals surface area (Å²) in [7, 11) is 0. The monoisotopic (exact) mass is 210 g/mol. The summed E-state index contributed by atoms with van der Waals surface area (Å²) in [6.45, 7) is 3.57. The van der Waals surface area contributed by atoms with Crippen molar-refractivity contribution in [3.8, 4) is 5.75 Å². The molecule has 3 heteroatoms. The fourth-order valence-electron chi connectivity index (χ4n) is 1.31. The van der Waals surface area contributed by atoms with Gasteiger partial charge < -0.3 is 14.6 Å². The van der Waals surface area contributed by atoms with Crippen LogP contribution in [0.4, 0.5) is 0 Å². The highest BCUT2D eigenvalue weighted by Gasteiger charge is 1.99. The number of aliphatic hydroxyl groups is 1. The molecule has 0 heterocycles. The molecule has 0 aliphatic rings. The summed E-state index contributed by atoms with van der Waals surface area (Å²) in [6, 6.07) is 7.99. The summed E-state index contributed by atoms with van der Waals surface area (Å²) in [4.78, 5) is 0. The molecular formula is C12H18O3. The number of aryl methyl sites for hydroxylation is 1. The lowest BCUT2D eigenvalue weighted by Gasteiger charge is -2.09. The third kappa shape index (κ3) is 4.32. The van der Waals surface area contributed by atoms with Gasteiger partial charge in [0.05, 0.1) is 19.8 Å². The molecule has 1 rings (SSSR count). The topological polar surface area (TPSA) is 38.7 Å². The molecule has 0 aromatic heterocycles. The number of rotatable bonds is 7. The van der Waals surface area contributed by atoms with Gasteiger partial charge in [0.25, 0.3) is 0 Å². The highest BCUT2D eigenvalue weighted by molar-refractivity contribution is 5.33. The van der Waals surface area contributed by atoms with Crippen molar-refractivity contribution in [1.29, 1.82) is 0 Å². The van der Waals surface area contributed by atoms with Gasteiger partial charge in [0.1, 0.15) is 12.4 Å². The highest BCUT2D eigenvalue weighted by Crippen LogP contribution is 2.17. The lowest BCUT2D eigenvalue weighted by Crippen LogP contribution is -2.09. The Hall–Kier alpha value is -1.06. The molecule has 0 fully saturated rings. The molecule has 0 unspecified atom stereocenters. The van der Waals surface area contributed by atoms with E-state index in [-0.39, 0.29) is 6.61 Å². The second-order valence-electron chi connectivity index (χ2n) is 3.15. The fourth-order valence-corrected chi connectivity index (χ4v) is 1.31. The van der Waals surface area contributed by atoms with Crippen molar-refractivity contribution < 1.29 is 14.6 Å². The van der Waals surface area contributed by atoms with Crippen LogP contribution in [-0.4, -0.2) is 31.5 Å². The van der Waals surface area contributed by atoms with Crippen LogP contribution in [0, 0.1) is 0 Å². The molecule has 15 heavy (non-hydrogen) atoms. The first-order valence-electron chi connectivity index (χ1n) is 5.27. The third-order valence-electron chi connectivity index (χ3n) is 2.07. The van der Waals surface area contributed by atoms with Crippen LogP contribution in [0.2, 0.25) is 0 Å². The SMILES string of the molecule is CCc1ccccc1OCCOCCO. The predicted molar refractivity (Wildman–Crippen MR) is 59.2 cm³/mol. The molecule has 0 aliphatic heterocycles. The summed E-state index contributed by atoms with van der Waals surface area (Å²) < 4.78 is 10.7. The third-order valence-corrected chi connectivity index (χ3v) is 2.07. The van der Waals surface area contributed by atoms with Gasteiger partial charge in [-0.2, -0.15) is 0 Å². The number of benzene rings is 1. The van der Waals surface area contributed by atoms with E-state index in [1.165, 1.54) is 5.56 Å². The van der Waals surface area contributed by atoms with Gasteiger partial charge in [-0.1, -0.05) is 25.1 Å². The van der Waals surface area contributed by atoms with Crippen LogP contribution in [0.15, 0.2) is 24.3 Å². The second-order valence-corrected chi connectivity index (χ2v) is 3.15. The van der Waals surface area contributed by atoms with Gasteiger partial charge in [-0.3, -0.25) is 0 Å². The Kier molecular flexibility index (Phi) is 5.81. The first-order valence-corrected chi connectivity index (χ1v) is 5.27. The Labute approximate surface area is 90.6 Å². The maximum atomic E-state index is 8.50. The molecule has 0 saturated carbocycles. The van der Waals surface area contributed by atoms with E-state index in [1.54, 1.807) is 0 Å². The van der Waals surface area contributed by atoms with Crippen LogP contribution in [-0.2, 0) is 11.2 Å². The Balaban J connectivity index is 2.30. The molecule has 1 N–H and O–H groups in total. The Bertz CT molecular complexity index is 273. The summed E-state index contributed by atoms with van der Waals surface area (Å²) in [5, 5.41) is 8.50. The minimum Gasteiger partial charge on any atom is -0.491 e. The van der Waals surface area contributed by atoms with Crippen LogP contribution in [0.3, 0.4) is 0 Å². The summed E-state index contributed by atoms with van der Waals surface area (Å²) >= 11 is 0. The zero-order chi connectivity index (χ0) is 10.9. The van der Waals surface area contributed by atoms with Crippen LogP contribution >= 0.6 is 0 Å². The minimum absolute atomic E-state index is 0.0611. The second kappa shape index (κ2) is 7.26. The lowest BCUT2D eigenvalue weighted by molar-refractivity contribution is 0.0703. The van der Waals surface area contributed by atoms with Crippen molar-refractivity contribution in [3.05, 3.63) is 29.8 Å². The van der Waals surface area contributed by atoms with Crippen molar-refractivity contribution in [2.24, 2.45) is 0 Å². The standard InChI is InChI=1S/C12H18O3/c1-2-11-5-3-4-6-12(11)15-10-9-14-8-7-13/h3-6,13H,2,7-10H2,1H3. The largest absolute Gasteiger partial charge is 0.491 e. The van der Waals surface area contributed by atoms with Crippen molar-refractivity contribution in [2.75, 3.05) is 26.4 Å². The highest BCUT2D eigenvalue weighted by atomic mass is 16.5. The Morgan fingerprint density at radius 3 is 2.67 bits per heavy atom. The van der Waals surface area contributed by atoms with E-state index in [1.807, 2.05) is 18.2 Å². The quantitative estimate of drug-likeness (QED) is 0.695. The van der Waals surface area contributed by atoms with Gasteiger partial charge in [-0.15, -0.1) is 0 Å². The molecule has 84 valence electrons. The number of hydrogen-bond acceptors (Lipinski definition) is 3. The van der Waals surface area contributed by atoms with E-state index in [0.29, 0.717) is 19.8 Å². The molecule has 0 spiro atoms. The molecule has 0 aliphatic carbocycles. The Morgan fingerprint density at radius 1 is 1.13 bits per heavy atom. The Morgan fingerprint density at radius 2 is 1.93 bits per heavy atom. The first kappa shape index (κ1) is 12.0. The average molecular weight is 210 g/mol. The summed E-state index contributed by atoms with van der Waals surface area (Å²) in [5.74, 6) is 0.924. The van der Waals surface area contributed by atoms with Gasteiger partial charge in [-0.25, -0.2) is 0 Å². The maximum Gasteiger partial charge on any atom is 0.122 e. The van der Waals surface area contributed by atoms with E-state index in [2.05, 4.69) is 13.0 Å². The predicted octanol–water partition coefficient (Wildman–Crippen LogP) is 1.64. The van der Waals surface area contributed by atoms with E-state index < -0.39 is 0 Å². The van der Waals surface area contributed by atoms with Crippen LogP contribution in [0.1, 0.15) is 12.5 Å². The molecule has 1 aromatic carbocycles. The van der Waals surface area contributed by atoms with Gasteiger partial charge >= 0.3 is 0 Å². The van der Waals surface area contributed by atoms with E-state index >= 15 is 0 Å². The van der Waals surface area contributed by atoms with Gasteiger partial charge in [0.15, 0.2) is 0 Å². The number of para-hydroxylation sites is 1. The maximum absolute atomic E-state index is 8.50. The summed E-state index contributed by atoms with van der Waals surface area (Å²) in [6.07, 6.45) is 0.966. The van der Waals surface area contributed by atoms with Gasteiger partial charge in [-0.05, 0) is 18.1 Å². The van der Waals surface area contributed by atoms with Crippen LogP contribution in [0.5, 0.6) is 5.75 Å². The number of aliphatic hydroxyl groups excluding tert-OH is 1. The lowest BCUT2D eigenvalue weighted by atomic mass is 10.1. The van der Waals surface area contributed by atoms with Crippen LogP contribution < -0.4 is 4.74 Å². The molecule has 0 bridgehead atoms. The zero-order valence-corrected chi connectivity index (χ0v) is 9.11. The van der Waals surface area contributed by atoms with E-state index in [9.17, 15) is 0 Å². The molecular weight excluding hydrogens is 192 g/mol. The van der Waals surface area contributed by atoms with Crippen molar-refractivity contribution in [1.82, 2.24) is 0 Å². The van der Waals surface area contributed by atoms with Gasteiger partial charge in [0.2, 0.25) is 0 Å². The number of ether oxygens (including phenoxy) is 2. The van der Waals surface area contributed by atoms with Crippen molar-refractivity contribution in [3.63, 3.8) is 0 Å². The van der Waals surface area contributed by atoms with E-state index in [4.69, 9.17) is 14.6 Å². The number of hydrogen-bond donors (Lipinski definition) is 1.